The second-order valence-electron chi connectivity index (χ2n) is 9.56. The maximum absolute atomic E-state index is 14.9. The minimum absolute atomic E-state index is 0.0992. The molecule has 3 aliphatic rings. The molecule has 190 valence electrons. The third-order valence-corrected chi connectivity index (χ3v) is 7.35. The molecule has 2 aromatic heterocycles. The van der Waals surface area contributed by atoms with Crippen molar-refractivity contribution in [3.05, 3.63) is 39.8 Å². The highest BCUT2D eigenvalue weighted by Gasteiger charge is 2.51. The van der Waals surface area contributed by atoms with Gasteiger partial charge < -0.3 is 29.6 Å². The number of nitrogens with one attached hydrogen (secondary N) is 2. The van der Waals surface area contributed by atoms with Crippen LogP contribution in [0.1, 0.15) is 12.8 Å². The van der Waals surface area contributed by atoms with Gasteiger partial charge in [-0.05, 0) is 37.0 Å². The summed E-state index contributed by atoms with van der Waals surface area (Å²) in [6.07, 6.45) is 3.11. The highest BCUT2D eigenvalue weighted by molar-refractivity contribution is 6.33. The molecule has 0 spiro atoms. The predicted molar refractivity (Wildman–Crippen MR) is 133 cm³/mol. The zero-order valence-corrected chi connectivity index (χ0v) is 20.5. The lowest BCUT2D eigenvalue weighted by Crippen LogP contribution is -2.52. The van der Waals surface area contributed by atoms with Crippen LogP contribution in [0.5, 0.6) is 5.75 Å². The Kier molecular flexibility index (Phi) is 5.45. The molecular formula is C24H25ClF2N6O3. The van der Waals surface area contributed by atoms with Crippen molar-refractivity contribution in [2.75, 3.05) is 42.3 Å². The quantitative estimate of drug-likeness (QED) is 0.527. The molecule has 1 atom stereocenters. The highest BCUT2D eigenvalue weighted by Crippen LogP contribution is 2.45. The number of fused-ring (bicyclic) bond motifs is 3. The van der Waals surface area contributed by atoms with E-state index in [1.807, 2.05) is 4.90 Å². The molecule has 0 bridgehead atoms. The van der Waals surface area contributed by atoms with E-state index in [1.165, 1.54) is 10.8 Å². The second-order valence-corrected chi connectivity index (χ2v) is 9.97. The number of alkyl halides is 2. The number of hydrogen-bond acceptors (Lipinski definition) is 8. The van der Waals surface area contributed by atoms with Gasteiger partial charge in [0.15, 0.2) is 12.4 Å². The molecule has 2 fully saturated rings. The number of pyridine rings is 1. The fourth-order valence-corrected chi connectivity index (χ4v) is 4.91. The Hall–Kier alpha value is -3.18. The van der Waals surface area contributed by atoms with Gasteiger partial charge in [-0.25, -0.2) is 13.8 Å². The Morgan fingerprint density at radius 3 is 2.81 bits per heavy atom. The zero-order valence-electron chi connectivity index (χ0n) is 19.7. The summed E-state index contributed by atoms with van der Waals surface area (Å²) < 4.78 is 41.9. The largest absolute Gasteiger partial charge is 0.480 e. The van der Waals surface area contributed by atoms with Crippen molar-refractivity contribution in [1.82, 2.24) is 14.5 Å². The Morgan fingerprint density at radius 2 is 2.08 bits per heavy atom. The molecule has 1 saturated carbocycles. The first-order valence-electron chi connectivity index (χ1n) is 11.8. The first kappa shape index (κ1) is 23.2. The Labute approximate surface area is 210 Å². The van der Waals surface area contributed by atoms with E-state index in [0.29, 0.717) is 46.5 Å². The first-order valence-corrected chi connectivity index (χ1v) is 12.1. The molecule has 6 rings (SSSR count). The number of ether oxygens (including phenoxy) is 2. The van der Waals surface area contributed by atoms with Crippen LogP contribution < -0.4 is 25.8 Å². The van der Waals surface area contributed by atoms with Gasteiger partial charge >= 0.3 is 5.92 Å². The van der Waals surface area contributed by atoms with Crippen molar-refractivity contribution < 1.29 is 18.3 Å². The fraction of sp³-hybridized carbons (Fsp3) is 0.458. The molecule has 36 heavy (non-hydrogen) atoms. The summed E-state index contributed by atoms with van der Waals surface area (Å²) in [6, 6.07) is 4.21. The third-order valence-electron chi connectivity index (χ3n) is 7.07. The van der Waals surface area contributed by atoms with Crippen molar-refractivity contribution in [1.29, 1.82) is 0 Å². The van der Waals surface area contributed by atoms with Gasteiger partial charge in [0.1, 0.15) is 5.02 Å². The zero-order chi connectivity index (χ0) is 25.2. The van der Waals surface area contributed by atoms with Gasteiger partial charge in [0.25, 0.3) is 5.56 Å². The van der Waals surface area contributed by atoms with Crippen molar-refractivity contribution >= 4 is 45.6 Å². The molecule has 9 nitrogen and oxygen atoms in total. The molecule has 1 aromatic carbocycles. The summed E-state index contributed by atoms with van der Waals surface area (Å²) in [5.74, 6) is -2.43. The summed E-state index contributed by atoms with van der Waals surface area (Å²) in [5.41, 5.74) is 1.02. The van der Waals surface area contributed by atoms with Crippen LogP contribution in [0.4, 0.5) is 31.9 Å². The van der Waals surface area contributed by atoms with Gasteiger partial charge in [-0.15, -0.1) is 0 Å². The van der Waals surface area contributed by atoms with Crippen LogP contribution in [0.3, 0.4) is 0 Å². The minimum Gasteiger partial charge on any atom is -0.480 e. The average molecular weight is 519 g/mol. The van der Waals surface area contributed by atoms with Gasteiger partial charge in [0.05, 0.1) is 29.5 Å². The fourth-order valence-electron chi connectivity index (χ4n) is 4.77. The number of rotatable bonds is 5. The van der Waals surface area contributed by atoms with Crippen LogP contribution in [-0.2, 0) is 11.8 Å². The number of anilines is 4. The monoisotopic (exact) mass is 518 g/mol. The smallest absolute Gasteiger partial charge is 0.301 e. The Bertz CT molecular complexity index is 1410. The molecule has 12 heteroatoms. The third kappa shape index (κ3) is 3.90. The molecule has 3 aromatic rings. The standard InChI is InChI=1S/C24H25ClF2N6O3/c1-32-17-6-5-13(29-21-16(25)8-28-23(31-21)33-9-14(10-33)35-2)7-15(17)18-19(22(32)34)36-11-24(26,27)20(30-18)12-3-4-12/h5-8,12,14,20,30H,3-4,9-11H2,1-2H3,(H,28,29,31)/t20-/m0/s1. The van der Waals surface area contributed by atoms with Gasteiger partial charge in [0, 0.05) is 38.3 Å². The van der Waals surface area contributed by atoms with Crippen LogP contribution in [-0.4, -0.2) is 59.4 Å². The summed E-state index contributed by atoms with van der Waals surface area (Å²) >= 11 is 6.37. The van der Waals surface area contributed by atoms with E-state index in [1.54, 1.807) is 32.4 Å². The second kappa shape index (κ2) is 8.45. The molecular weight excluding hydrogens is 494 g/mol. The van der Waals surface area contributed by atoms with E-state index < -0.39 is 24.1 Å². The van der Waals surface area contributed by atoms with Crippen molar-refractivity contribution in [3.63, 3.8) is 0 Å². The lowest BCUT2D eigenvalue weighted by molar-refractivity contribution is -0.0579. The van der Waals surface area contributed by atoms with E-state index in [4.69, 9.17) is 21.1 Å². The van der Waals surface area contributed by atoms with E-state index in [9.17, 15) is 13.6 Å². The highest BCUT2D eigenvalue weighted by atomic mass is 35.5. The molecule has 1 aliphatic carbocycles. The number of halogens is 3. The molecule has 1 saturated heterocycles. The van der Waals surface area contributed by atoms with E-state index in [2.05, 4.69) is 20.6 Å². The Balaban J connectivity index is 1.38. The number of nitrogens with zero attached hydrogens (tertiary/aromatic N) is 4. The molecule has 2 N–H and O–H groups in total. The SMILES string of the molecule is COC1CN(c2ncc(Cl)c(Nc3ccc4c(c3)c3c(c(=O)n4C)OCC(F)(F)[C@H](C4CC4)N3)n2)C1. The average Bonchev–Trinajstić information content (AvgIpc) is 3.66. The molecule has 0 unspecified atom stereocenters. The maximum atomic E-state index is 14.9. The van der Waals surface area contributed by atoms with E-state index >= 15 is 0 Å². The minimum atomic E-state index is -3.10. The van der Waals surface area contributed by atoms with Gasteiger partial charge in [0.2, 0.25) is 11.7 Å². The van der Waals surface area contributed by atoms with Crippen molar-refractivity contribution in [3.8, 4) is 5.75 Å². The van der Waals surface area contributed by atoms with Gasteiger partial charge in [-0.2, -0.15) is 4.98 Å². The van der Waals surface area contributed by atoms with Crippen LogP contribution in [0.15, 0.2) is 29.2 Å². The van der Waals surface area contributed by atoms with Gasteiger partial charge in [-0.1, -0.05) is 11.6 Å². The topological polar surface area (TPSA) is 93.5 Å². The summed E-state index contributed by atoms with van der Waals surface area (Å²) in [7, 11) is 3.26. The number of aryl methyl sites for hydroxylation is 1. The number of benzene rings is 1. The number of hydrogen-bond donors (Lipinski definition) is 2. The summed E-state index contributed by atoms with van der Waals surface area (Å²) in [6.45, 7) is 0.533. The lowest BCUT2D eigenvalue weighted by atomic mass is 10.0. The van der Waals surface area contributed by atoms with Crippen LogP contribution >= 0.6 is 11.6 Å². The van der Waals surface area contributed by atoms with Gasteiger partial charge in [-0.3, -0.25) is 4.79 Å². The van der Waals surface area contributed by atoms with Crippen LogP contribution in [0, 0.1) is 5.92 Å². The lowest BCUT2D eigenvalue weighted by Gasteiger charge is -2.38. The van der Waals surface area contributed by atoms with Crippen molar-refractivity contribution in [2.45, 2.75) is 30.9 Å². The van der Waals surface area contributed by atoms with E-state index in [0.717, 1.165) is 12.8 Å². The van der Waals surface area contributed by atoms with Crippen LogP contribution in [0.25, 0.3) is 10.9 Å². The Morgan fingerprint density at radius 1 is 1.31 bits per heavy atom. The van der Waals surface area contributed by atoms with Crippen LogP contribution in [0.2, 0.25) is 5.02 Å². The molecule has 0 radical (unpaired) electrons. The van der Waals surface area contributed by atoms with E-state index in [-0.39, 0.29) is 23.5 Å². The maximum Gasteiger partial charge on any atom is 0.301 e. The first-order chi connectivity index (χ1) is 17.2. The molecule has 2 aliphatic heterocycles. The summed E-state index contributed by atoms with van der Waals surface area (Å²) in [4.78, 5) is 23.8. The number of methoxy groups -OCH3 is 1. The predicted octanol–water partition coefficient (Wildman–Crippen LogP) is 3.78. The molecule has 0 amide bonds. The normalized spacial score (nSPS) is 21.2. The summed E-state index contributed by atoms with van der Waals surface area (Å²) in [5, 5.41) is 7.11. The number of aromatic nitrogens is 3. The van der Waals surface area contributed by atoms with Crippen molar-refractivity contribution in [2.24, 2.45) is 13.0 Å². The molecule has 4 heterocycles.